The molecular weight excluding hydrogens is 366 g/mol. The standard InChI is InChI=1S/C19H27N3O4S/c1-21(2)18(23)12-27(25,26)17-8-4-13(5-9-17)19(24)22(3)16-10-14-6-7-15(11-16)20-14/h4-5,8-9,14-16,20H,6-7,10-12H2,1-3H3. The summed E-state index contributed by atoms with van der Waals surface area (Å²) in [5.41, 5.74) is 0.460. The number of carbonyl (C=O) groups is 2. The molecule has 0 spiro atoms. The lowest BCUT2D eigenvalue weighted by Gasteiger charge is -2.35. The molecule has 1 aromatic rings. The molecule has 2 saturated heterocycles. The number of hydrogen-bond acceptors (Lipinski definition) is 5. The van der Waals surface area contributed by atoms with Crippen LogP contribution < -0.4 is 5.32 Å². The highest BCUT2D eigenvalue weighted by Crippen LogP contribution is 2.30. The van der Waals surface area contributed by atoms with Crippen molar-refractivity contribution in [1.29, 1.82) is 0 Å². The molecule has 2 aliphatic rings. The molecule has 2 bridgehead atoms. The summed E-state index contributed by atoms with van der Waals surface area (Å²) in [5.74, 6) is -1.16. The number of rotatable bonds is 5. The van der Waals surface area contributed by atoms with Gasteiger partial charge in [0, 0.05) is 44.8 Å². The van der Waals surface area contributed by atoms with Crippen LogP contribution in [0.25, 0.3) is 0 Å². The lowest BCUT2D eigenvalue weighted by molar-refractivity contribution is -0.125. The summed E-state index contributed by atoms with van der Waals surface area (Å²) in [4.78, 5) is 27.6. The third kappa shape index (κ3) is 4.32. The number of benzene rings is 1. The van der Waals surface area contributed by atoms with Crippen molar-refractivity contribution in [3.8, 4) is 0 Å². The van der Waals surface area contributed by atoms with Gasteiger partial charge in [0.2, 0.25) is 5.91 Å². The fraction of sp³-hybridized carbons (Fsp3) is 0.579. The molecule has 1 aromatic carbocycles. The van der Waals surface area contributed by atoms with Crippen LogP contribution in [0, 0.1) is 0 Å². The zero-order valence-electron chi connectivity index (χ0n) is 16.0. The van der Waals surface area contributed by atoms with E-state index < -0.39 is 21.5 Å². The van der Waals surface area contributed by atoms with Crippen LogP contribution in [0.1, 0.15) is 36.0 Å². The summed E-state index contributed by atoms with van der Waals surface area (Å²) in [6, 6.07) is 7.06. The molecule has 2 heterocycles. The van der Waals surface area contributed by atoms with E-state index in [2.05, 4.69) is 5.32 Å². The van der Waals surface area contributed by atoms with E-state index in [1.165, 1.54) is 56.1 Å². The average molecular weight is 394 g/mol. The second-order valence-electron chi connectivity index (χ2n) is 7.75. The van der Waals surface area contributed by atoms with E-state index in [0.717, 1.165) is 12.8 Å². The molecule has 2 unspecified atom stereocenters. The van der Waals surface area contributed by atoms with E-state index in [1.54, 1.807) is 4.90 Å². The Hall–Kier alpha value is -1.93. The molecule has 0 aromatic heterocycles. The molecule has 0 saturated carbocycles. The van der Waals surface area contributed by atoms with Crippen LogP contribution in [0.3, 0.4) is 0 Å². The molecule has 0 aliphatic carbocycles. The van der Waals surface area contributed by atoms with Gasteiger partial charge in [-0.2, -0.15) is 0 Å². The minimum Gasteiger partial charge on any atom is -0.348 e. The molecule has 2 fully saturated rings. The molecule has 148 valence electrons. The van der Waals surface area contributed by atoms with Crippen molar-refractivity contribution >= 4 is 21.7 Å². The Labute approximate surface area is 160 Å². The van der Waals surface area contributed by atoms with Gasteiger partial charge in [0.15, 0.2) is 9.84 Å². The number of fused-ring (bicyclic) bond motifs is 2. The number of nitrogens with one attached hydrogen (secondary N) is 1. The van der Waals surface area contributed by atoms with E-state index >= 15 is 0 Å². The Kier molecular flexibility index (Phi) is 5.58. The highest BCUT2D eigenvalue weighted by Gasteiger charge is 2.36. The van der Waals surface area contributed by atoms with Crippen LogP contribution in [-0.2, 0) is 14.6 Å². The number of piperidine rings is 1. The topological polar surface area (TPSA) is 86.8 Å². The van der Waals surface area contributed by atoms with Gasteiger partial charge in [0.1, 0.15) is 5.75 Å². The maximum absolute atomic E-state index is 12.8. The number of sulfone groups is 1. The second kappa shape index (κ2) is 7.59. The van der Waals surface area contributed by atoms with Crippen LogP contribution in [0.5, 0.6) is 0 Å². The largest absolute Gasteiger partial charge is 0.348 e. The molecule has 7 nitrogen and oxygen atoms in total. The number of carbonyl (C=O) groups excluding carboxylic acids is 2. The normalized spacial score (nSPS) is 24.5. The zero-order valence-corrected chi connectivity index (χ0v) is 16.8. The smallest absolute Gasteiger partial charge is 0.253 e. The Balaban J connectivity index is 1.69. The average Bonchev–Trinajstić information content (AvgIpc) is 2.97. The first kappa shape index (κ1) is 19.8. The Bertz CT molecular complexity index is 808. The first-order chi connectivity index (χ1) is 12.7. The van der Waals surface area contributed by atoms with Gasteiger partial charge in [0.25, 0.3) is 5.91 Å². The van der Waals surface area contributed by atoms with E-state index in [1.807, 2.05) is 7.05 Å². The fourth-order valence-electron chi connectivity index (χ4n) is 3.89. The van der Waals surface area contributed by atoms with Crippen LogP contribution in [-0.4, -0.2) is 75.1 Å². The molecule has 27 heavy (non-hydrogen) atoms. The van der Waals surface area contributed by atoms with Gasteiger partial charge in [-0.15, -0.1) is 0 Å². The molecule has 1 N–H and O–H groups in total. The predicted octanol–water partition coefficient (Wildman–Crippen LogP) is 0.904. The fourth-order valence-corrected chi connectivity index (χ4v) is 5.19. The molecule has 0 radical (unpaired) electrons. The van der Waals surface area contributed by atoms with Gasteiger partial charge < -0.3 is 15.1 Å². The van der Waals surface area contributed by atoms with Gasteiger partial charge in [0.05, 0.1) is 4.90 Å². The van der Waals surface area contributed by atoms with E-state index in [9.17, 15) is 18.0 Å². The van der Waals surface area contributed by atoms with E-state index in [4.69, 9.17) is 0 Å². The van der Waals surface area contributed by atoms with E-state index in [0.29, 0.717) is 17.6 Å². The molecular formula is C19H27N3O4S. The first-order valence-electron chi connectivity index (χ1n) is 9.23. The van der Waals surface area contributed by atoms with Gasteiger partial charge in [-0.3, -0.25) is 9.59 Å². The zero-order chi connectivity index (χ0) is 19.8. The Morgan fingerprint density at radius 3 is 2.11 bits per heavy atom. The van der Waals surface area contributed by atoms with Crippen molar-refractivity contribution in [2.24, 2.45) is 0 Å². The summed E-state index contributed by atoms with van der Waals surface area (Å²) in [7, 11) is 1.13. The third-order valence-electron chi connectivity index (χ3n) is 5.59. The Morgan fingerprint density at radius 1 is 1.04 bits per heavy atom. The second-order valence-corrected chi connectivity index (χ2v) is 9.74. The SMILES string of the molecule is CN(C)C(=O)CS(=O)(=O)c1ccc(C(=O)N(C)C2CC3CCC(C2)N3)cc1. The minimum absolute atomic E-state index is 0.0526. The van der Waals surface area contributed by atoms with Gasteiger partial charge in [-0.25, -0.2) is 8.42 Å². The maximum atomic E-state index is 12.8. The van der Waals surface area contributed by atoms with Crippen LogP contribution >= 0.6 is 0 Å². The van der Waals surface area contributed by atoms with Crippen molar-refractivity contribution in [3.05, 3.63) is 29.8 Å². The summed E-state index contributed by atoms with van der Waals surface area (Å²) < 4.78 is 24.7. The third-order valence-corrected chi connectivity index (χ3v) is 7.21. The number of nitrogens with zero attached hydrogens (tertiary/aromatic N) is 2. The van der Waals surface area contributed by atoms with Crippen molar-refractivity contribution in [2.45, 2.75) is 48.7 Å². The van der Waals surface area contributed by atoms with Crippen LogP contribution in [0.4, 0.5) is 0 Å². The summed E-state index contributed by atoms with van der Waals surface area (Å²) in [5, 5.41) is 3.57. The lowest BCUT2D eigenvalue weighted by Crippen LogP contribution is -2.48. The summed E-state index contributed by atoms with van der Waals surface area (Å²) >= 11 is 0. The number of hydrogen-bond donors (Lipinski definition) is 1. The lowest BCUT2D eigenvalue weighted by atomic mass is 9.98. The highest BCUT2D eigenvalue weighted by molar-refractivity contribution is 7.92. The van der Waals surface area contributed by atoms with Crippen LogP contribution in [0.2, 0.25) is 0 Å². The van der Waals surface area contributed by atoms with Gasteiger partial charge in [-0.05, 0) is 49.9 Å². The monoisotopic (exact) mass is 393 g/mol. The maximum Gasteiger partial charge on any atom is 0.253 e. The number of amides is 2. The highest BCUT2D eigenvalue weighted by atomic mass is 32.2. The van der Waals surface area contributed by atoms with Crippen molar-refractivity contribution in [1.82, 2.24) is 15.1 Å². The van der Waals surface area contributed by atoms with Crippen molar-refractivity contribution < 1.29 is 18.0 Å². The first-order valence-corrected chi connectivity index (χ1v) is 10.9. The Morgan fingerprint density at radius 2 is 1.59 bits per heavy atom. The molecule has 8 heteroatoms. The molecule has 2 atom stereocenters. The van der Waals surface area contributed by atoms with Crippen molar-refractivity contribution in [3.63, 3.8) is 0 Å². The van der Waals surface area contributed by atoms with Gasteiger partial charge >= 0.3 is 0 Å². The minimum atomic E-state index is -3.72. The summed E-state index contributed by atoms with van der Waals surface area (Å²) in [6.45, 7) is 0. The van der Waals surface area contributed by atoms with Crippen LogP contribution in [0.15, 0.2) is 29.2 Å². The molecule has 3 rings (SSSR count). The summed E-state index contributed by atoms with van der Waals surface area (Å²) in [6.07, 6.45) is 4.25. The quantitative estimate of drug-likeness (QED) is 0.803. The van der Waals surface area contributed by atoms with Crippen molar-refractivity contribution in [2.75, 3.05) is 26.9 Å². The van der Waals surface area contributed by atoms with Gasteiger partial charge in [-0.1, -0.05) is 0 Å². The molecule has 2 aliphatic heterocycles. The molecule has 2 amide bonds. The predicted molar refractivity (Wildman–Crippen MR) is 102 cm³/mol. The van der Waals surface area contributed by atoms with E-state index in [-0.39, 0.29) is 16.8 Å².